The van der Waals surface area contributed by atoms with E-state index in [4.69, 9.17) is 30.2 Å². The number of furan rings is 1. The third-order valence-electron chi connectivity index (χ3n) is 6.28. The van der Waals surface area contributed by atoms with E-state index in [0.29, 0.717) is 48.6 Å². The summed E-state index contributed by atoms with van der Waals surface area (Å²) >= 11 is 7.53. The van der Waals surface area contributed by atoms with Crippen LogP contribution in [0.1, 0.15) is 31.2 Å². The molecule has 3 heterocycles. The Bertz CT molecular complexity index is 1780. The summed E-state index contributed by atoms with van der Waals surface area (Å²) in [6.45, 7) is 3.65. The van der Waals surface area contributed by atoms with E-state index in [2.05, 4.69) is 4.99 Å². The number of allylic oxidation sites excluding steroid dienone is 1. The summed E-state index contributed by atoms with van der Waals surface area (Å²) in [6, 6.07) is 15.5. The third-order valence-corrected chi connectivity index (χ3v) is 7.59. The summed E-state index contributed by atoms with van der Waals surface area (Å²) in [6.07, 6.45) is 1.67. The van der Waals surface area contributed by atoms with Gasteiger partial charge in [-0.3, -0.25) is 9.36 Å². The quantitative estimate of drug-likeness (QED) is 0.301. The Morgan fingerprint density at radius 3 is 2.62 bits per heavy atom. The number of esters is 1. The standard InChI is InChI=1S/C29H25ClN2O6S/c1-5-37-28(34)25-16(2)31-29-32(26(25)17-10-12-22(35-3)23(14-17)36-4)27(33)24(39-29)15-18-11-13-21(38-18)19-8-6-7-9-20(19)30/h6-15,26H,5H2,1-4H3. The summed E-state index contributed by atoms with van der Waals surface area (Å²) in [7, 11) is 3.07. The molecule has 1 aliphatic heterocycles. The van der Waals surface area contributed by atoms with Crippen LogP contribution in [0.2, 0.25) is 5.02 Å². The van der Waals surface area contributed by atoms with Gasteiger partial charge in [-0.1, -0.05) is 41.1 Å². The second kappa shape index (κ2) is 11.0. The van der Waals surface area contributed by atoms with E-state index >= 15 is 0 Å². The number of benzene rings is 2. The molecule has 0 saturated heterocycles. The van der Waals surface area contributed by atoms with Gasteiger partial charge in [0, 0.05) is 11.6 Å². The minimum atomic E-state index is -0.780. The lowest BCUT2D eigenvalue weighted by atomic mass is 9.95. The van der Waals surface area contributed by atoms with Gasteiger partial charge in [-0.2, -0.15) is 0 Å². The third kappa shape index (κ3) is 4.91. The second-order valence-electron chi connectivity index (χ2n) is 8.60. The number of nitrogens with zero attached hydrogens (tertiary/aromatic N) is 2. The molecule has 2 aromatic carbocycles. The second-order valence-corrected chi connectivity index (χ2v) is 10.0. The Hall–Kier alpha value is -4.08. The highest BCUT2D eigenvalue weighted by atomic mass is 35.5. The number of carbonyl (C=O) groups excluding carboxylic acids is 1. The highest BCUT2D eigenvalue weighted by Gasteiger charge is 2.34. The van der Waals surface area contributed by atoms with Crippen LogP contribution >= 0.6 is 22.9 Å². The van der Waals surface area contributed by atoms with Crippen LogP contribution in [0.5, 0.6) is 11.5 Å². The van der Waals surface area contributed by atoms with Gasteiger partial charge in [-0.15, -0.1) is 0 Å². The van der Waals surface area contributed by atoms with E-state index < -0.39 is 12.0 Å². The maximum Gasteiger partial charge on any atom is 0.338 e. The molecule has 0 N–H and O–H groups in total. The zero-order valence-electron chi connectivity index (χ0n) is 21.7. The van der Waals surface area contributed by atoms with Crippen molar-refractivity contribution in [3.8, 4) is 22.8 Å². The molecule has 1 aliphatic rings. The fraction of sp³-hybridized carbons (Fsp3) is 0.207. The number of rotatable bonds is 7. The number of thiazole rings is 1. The Kier molecular flexibility index (Phi) is 7.45. The van der Waals surface area contributed by atoms with E-state index in [1.54, 1.807) is 63.4 Å². The number of aromatic nitrogens is 1. The zero-order valence-corrected chi connectivity index (χ0v) is 23.3. The zero-order chi connectivity index (χ0) is 27.7. The molecule has 0 fully saturated rings. The molecule has 0 amide bonds. The van der Waals surface area contributed by atoms with Gasteiger partial charge >= 0.3 is 5.97 Å². The van der Waals surface area contributed by atoms with Crippen LogP contribution in [-0.2, 0) is 9.53 Å². The van der Waals surface area contributed by atoms with Crippen molar-refractivity contribution in [2.75, 3.05) is 20.8 Å². The highest BCUT2D eigenvalue weighted by Crippen LogP contribution is 2.36. The van der Waals surface area contributed by atoms with Gasteiger partial charge in [0.15, 0.2) is 16.3 Å². The summed E-state index contributed by atoms with van der Waals surface area (Å²) in [5.74, 6) is 1.53. The number of methoxy groups -OCH3 is 2. The van der Waals surface area contributed by atoms with Gasteiger partial charge in [0.2, 0.25) is 0 Å². The van der Waals surface area contributed by atoms with Crippen molar-refractivity contribution in [2.45, 2.75) is 19.9 Å². The van der Waals surface area contributed by atoms with Crippen LogP contribution in [0.4, 0.5) is 0 Å². The summed E-state index contributed by atoms with van der Waals surface area (Å²) in [5.41, 5.74) is 1.84. The molecule has 0 aliphatic carbocycles. The van der Waals surface area contributed by atoms with Gasteiger partial charge in [-0.05, 0) is 55.8 Å². The van der Waals surface area contributed by atoms with Gasteiger partial charge in [-0.25, -0.2) is 9.79 Å². The predicted octanol–water partition coefficient (Wildman–Crippen LogP) is 4.73. The molecule has 1 atom stereocenters. The van der Waals surface area contributed by atoms with Crippen molar-refractivity contribution in [3.63, 3.8) is 0 Å². The SMILES string of the molecule is CCOC(=O)C1=C(C)N=c2sc(=Cc3ccc(-c4ccccc4Cl)o3)c(=O)n2C1c1ccc(OC)c(OC)c1. The Morgan fingerprint density at radius 1 is 1.13 bits per heavy atom. The molecule has 5 rings (SSSR count). The smallest absolute Gasteiger partial charge is 0.338 e. The van der Waals surface area contributed by atoms with Crippen molar-refractivity contribution < 1.29 is 23.4 Å². The number of fused-ring (bicyclic) bond motifs is 1. The predicted molar refractivity (Wildman–Crippen MR) is 149 cm³/mol. The molecule has 2 aromatic heterocycles. The largest absolute Gasteiger partial charge is 0.493 e. The Morgan fingerprint density at radius 2 is 1.90 bits per heavy atom. The van der Waals surface area contributed by atoms with E-state index in [1.807, 2.05) is 18.2 Å². The number of halogens is 1. The molecule has 0 bridgehead atoms. The van der Waals surface area contributed by atoms with Crippen LogP contribution in [0.25, 0.3) is 17.4 Å². The van der Waals surface area contributed by atoms with Gasteiger partial charge < -0.3 is 18.6 Å². The molecular formula is C29H25ClN2O6S. The first-order chi connectivity index (χ1) is 18.9. The average Bonchev–Trinajstić information content (AvgIpc) is 3.52. The Labute approximate surface area is 233 Å². The maximum atomic E-state index is 13.8. The molecule has 4 aromatic rings. The van der Waals surface area contributed by atoms with Crippen LogP contribution in [0.15, 0.2) is 80.1 Å². The summed E-state index contributed by atoms with van der Waals surface area (Å²) in [4.78, 5) is 32.0. The fourth-order valence-corrected chi connectivity index (χ4v) is 5.75. The van der Waals surface area contributed by atoms with Crippen molar-refractivity contribution in [3.05, 3.63) is 102 Å². The summed E-state index contributed by atoms with van der Waals surface area (Å²) in [5, 5.41) is 0.565. The Balaban J connectivity index is 1.67. The van der Waals surface area contributed by atoms with Crippen molar-refractivity contribution in [1.82, 2.24) is 4.57 Å². The fourth-order valence-electron chi connectivity index (χ4n) is 4.50. The molecule has 1 unspecified atom stereocenters. The number of hydrogen-bond acceptors (Lipinski definition) is 8. The lowest BCUT2D eigenvalue weighted by Crippen LogP contribution is -2.39. The van der Waals surface area contributed by atoms with Crippen LogP contribution in [0.3, 0.4) is 0 Å². The van der Waals surface area contributed by atoms with Crippen molar-refractivity contribution >= 4 is 35.0 Å². The summed E-state index contributed by atoms with van der Waals surface area (Å²) < 4.78 is 24.1. The van der Waals surface area contributed by atoms with Crippen molar-refractivity contribution in [2.24, 2.45) is 4.99 Å². The van der Waals surface area contributed by atoms with Gasteiger partial charge in [0.1, 0.15) is 11.5 Å². The monoisotopic (exact) mass is 564 g/mol. The minimum absolute atomic E-state index is 0.185. The van der Waals surface area contributed by atoms with Gasteiger partial charge in [0.05, 0.1) is 47.7 Å². The minimum Gasteiger partial charge on any atom is -0.493 e. The molecule has 8 nitrogen and oxygen atoms in total. The first-order valence-corrected chi connectivity index (χ1v) is 13.3. The lowest BCUT2D eigenvalue weighted by Gasteiger charge is -2.25. The topological polar surface area (TPSA) is 92.3 Å². The molecular weight excluding hydrogens is 540 g/mol. The lowest BCUT2D eigenvalue weighted by molar-refractivity contribution is -0.139. The maximum absolute atomic E-state index is 13.8. The van der Waals surface area contributed by atoms with E-state index in [-0.39, 0.29) is 17.7 Å². The number of ether oxygens (including phenoxy) is 3. The van der Waals surface area contributed by atoms with E-state index in [0.717, 1.165) is 5.56 Å². The van der Waals surface area contributed by atoms with Crippen LogP contribution in [0, 0.1) is 0 Å². The van der Waals surface area contributed by atoms with Crippen LogP contribution < -0.4 is 24.4 Å². The van der Waals surface area contributed by atoms with E-state index in [9.17, 15) is 9.59 Å². The molecule has 0 spiro atoms. The number of hydrogen-bond donors (Lipinski definition) is 0. The van der Waals surface area contributed by atoms with Crippen molar-refractivity contribution in [1.29, 1.82) is 0 Å². The van der Waals surface area contributed by atoms with Crippen LogP contribution in [-0.4, -0.2) is 31.4 Å². The average molecular weight is 565 g/mol. The number of carbonyl (C=O) groups is 1. The molecule has 39 heavy (non-hydrogen) atoms. The molecule has 0 radical (unpaired) electrons. The van der Waals surface area contributed by atoms with Gasteiger partial charge in [0.25, 0.3) is 5.56 Å². The molecule has 200 valence electrons. The highest BCUT2D eigenvalue weighted by molar-refractivity contribution is 7.07. The molecule has 10 heteroatoms. The van der Waals surface area contributed by atoms with E-state index in [1.165, 1.54) is 23.0 Å². The normalized spacial score (nSPS) is 15.1. The first kappa shape index (κ1) is 26.5. The first-order valence-electron chi connectivity index (χ1n) is 12.1. The molecule has 0 saturated carbocycles.